The van der Waals surface area contributed by atoms with Crippen LogP contribution in [0.4, 0.5) is 9.52 Å². The zero-order valence-corrected chi connectivity index (χ0v) is 20.3. The fourth-order valence-electron chi connectivity index (χ4n) is 3.28. The Labute approximate surface area is 202 Å². The summed E-state index contributed by atoms with van der Waals surface area (Å²) in [5, 5.41) is 3.24. The van der Waals surface area contributed by atoms with Crippen LogP contribution in [0.2, 0.25) is 10.0 Å². The first-order valence-electron chi connectivity index (χ1n) is 9.92. The van der Waals surface area contributed by atoms with Gasteiger partial charge in [0.25, 0.3) is 11.8 Å². The normalized spacial score (nSPS) is 18.2. The molecule has 0 spiro atoms. The number of rotatable bonds is 7. The second kappa shape index (κ2) is 10.7. The maximum atomic E-state index is 15.0. The van der Waals surface area contributed by atoms with E-state index in [2.05, 4.69) is 25.6 Å². The highest BCUT2D eigenvalue weighted by atomic mass is 35.5. The van der Waals surface area contributed by atoms with E-state index >= 15 is 0 Å². The van der Waals surface area contributed by atoms with Gasteiger partial charge in [0.2, 0.25) is 0 Å². The highest BCUT2D eigenvalue weighted by Crippen LogP contribution is 2.31. The van der Waals surface area contributed by atoms with Gasteiger partial charge in [-0.05, 0) is 20.3 Å². The van der Waals surface area contributed by atoms with Gasteiger partial charge in [-0.15, -0.1) is 0 Å². The molecule has 1 aliphatic heterocycles. The van der Waals surface area contributed by atoms with Gasteiger partial charge in [0, 0.05) is 12.2 Å². The lowest BCUT2D eigenvalue weighted by molar-refractivity contribution is 0.0493. The molecule has 2 amide bonds. The smallest absolute Gasteiger partial charge is 0.350 e. The largest absolute Gasteiger partial charge is 0.462 e. The Bertz CT molecular complexity index is 1030. The average molecular weight is 522 g/mol. The van der Waals surface area contributed by atoms with E-state index in [1.807, 2.05) is 0 Å². The van der Waals surface area contributed by atoms with E-state index in [1.165, 1.54) is 7.11 Å². The lowest BCUT2D eigenvalue weighted by atomic mass is 10.0. The van der Waals surface area contributed by atoms with Crippen LogP contribution in [0.5, 0.6) is 0 Å². The number of aryl methyl sites for hydroxylation is 1. The highest BCUT2D eigenvalue weighted by Gasteiger charge is 2.34. The molecule has 180 valence electrons. The van der Waals surface area contributed by atoms with Crippen molar-refractivity contribution in [3.8, 4) is 0 Å². The van der Waals surface area contributed by atoms with Crippen molar-refractivity contribution in [1.29, 1.82) is 0 Å². The van der Waals surface area contributed by atoms with E-state index in [-0.39, 0.29) is 51.0 Å². The molecule has 1 fully saturated rings. The Morgan fingerprint density at radius 3 is 2.61 bits per heavy atom. The molecule has 2 aromatic heterocycles. The second-order valence-corrected chi connectivity index (χ2v) is 8.85. The summed E-state index contributed by atoms with van der Waals surface area (Å²) >= 11 is 13.0. The van der Waals surface area contributed by atoms with Crippen molar-refractivity contribution < 1.29 is 28.3 Å². The number of anilines is 1. The number of esters is 1. The van der Waals surface area contributed by atoms with E-state index in [9.17, 15) is 18.8 Å². The molecular formula is C19H22Cl2FN5O5S. The maximum absolute atomic E-state index is 15.0. The first-order chi connectivity index (χ1) is 15.7. The molecule has 10 nitrogen and oxygen atoms in total. The van der Waals surface area contributed by atoms with Gasteiger partial charge in [-0.25, -0.2) is 19.6 Å². The van der Waals surface area contributed by atoms with Crippen molar-refractivity contribution in [1.82, 2.24) is 20.8 Å². The van der Waals surface area contributed by atoms with E-state index in [4.69, 9.17) is 27.9 Å². The Morgan fingerprint density at radius 1 is 1.30 bits per heavy atom. The molecule has 33 heavy (non-hydrogen) atoms. The molecule has 0 unspecified atom stereocenters. The number of nitrogens with one attached hydrogen (secondary N) is 3. The number of thiazole rings is 1. The summed E-state index contributed by atoms with van der Waals surface area (Å²) in [5.41, 5.74) is 2.55. The minimum Gasteiger partial charge on any atom is -0.462 e. The highest BCUT2D eigenvalue weighted by molar-refractivity contribution is 7.17. The first-order valence-corrected chi connectivity index (χ1v) is 11.5. The van der Waals surface area contributed by atoms with Gasteiger partial charge < -0.3 is 19.9 Å². The Hall–Kier alpha value is -2.41. The molecule has 3 rings (SSSR count). The van der Waals surface area contributed by atoms with E-state index < -0.39 is 30.0 Å². The van der Waals surface area contributed by atoms with E-state index in [1.54, 1.807) is 18.7 Å². The third-order valence-corrected chi connectivity index (χ3v) is 6.94. The number of aromatic amines is 1. The Kier molecular flexibility index (Phi) is 8.16. The number of carbonyl (C=O) groups excluding carboxylic acids is 3. The first kappa shape index (κ1) is 25.2. The summed E-state index contributed by atoms with van der Waals surface area (Å²) in [6.07, 6.45) is -1.19. The van der Waals surface area contributed by atoms with Gasteiger partial charge in [-0.2, -0.15) is 0 Å². The molecule has 14 heteroatoms. The van der Waals surface area contributed by atoms with Crippen LogP contribution in [-0.2, 0) is 9.57 Å². The van der Waals surface area contributed by atoms with Crippen LogP contribution in [0.1, 0.15) is 49.7 Å². The molecule has 2 atom stereocenters. The van der Waals surface area contributed by atoms with Crippen molar-refractivity contribution in [3.63, 3.8) is 0 Å². The van der Waals surface area contributed by atoms with Crippen LogP contribution in [0, 0.1) is 6.92 Å². The second-order valence-electron chi connectivity index (χ2n) is 7.11. The lowest BCUT2D eigenvalue weighted by Crippen LogP contribution is -2.52. The molecular weight excluding hydrogens is 500 g/mol. The zero-order valence-electron chi connectivity index (χ0n) is 18.0. The number of aromatic nitrogens is 2. The van der Waals surface area contributed by atoms with Crippen LogP contribution >= 0.6 is 34.5 Å². The summed E-state index contributed by atoms with van der Waals surface area (Å²) in [7, 11) is 1.25. The number of carbonyl (C=O) groups is 3. The third-order valence-electron chi connectivity index (χ3n) is 4.90. The van der Waals surface area contributed by atoms with Crippen LogP contribution in [-0.4, -0.2) is 66.8 Å². The number of nitrogens with zero attached hydrogens (tertiary/aromatic N) is 2. The average Bonchev–Trinajstić information content (AvgIpc) is 3.33. The third kappa shape index (κ3) is 5.40. The van der Waals surface area contributed by atoms with E-state index in [0.29, 0.717) is 12.2 Å². The van der Waals surface area contributed by atoms with Crippen molar-refractivity contribution in [2.24, 2.45) is 0 Å². The monoisotopic (exact) mass is 521 g/mol. The number of alkyl halides is 1. The summed E-state index contributed by atoms with van der Waals surface area (Å²) in [6.45, 7) is 3.64. The molecule has 0 aliphatic carbocycles. The number of piperidine rings is 1. The minimum absolute atomic E-state index is 0.0131. The fourth-order valence-corrected chi connectivity index (χ4v) is 4.69. The van der Waals surface area contributed by atoms with E-state index in [0.717, 1.165) is 11.3 Å². The Morgan fingerprint density at radius 2 is 2.03 bits per heavy atom. The number of ether oxygens (including phenoxy) is 1. The lowest BCUT2D eigenvalue weighted by Gasteiger charge is -2.34. The predicted molar refractivity (Wildman–Crippen MR) is 121 cm³/mol. The van der Waals surface area contributed by atoms with Crippen LogP contribution in [0.15, 0.2) is 0 Å². The van der Waals surface area contributed by atoms with Gasteiger partial charge in [0.05, 0.1) is 36.3 Å². The van der Waals surface area contributed by atoms with Gasteiger partial charge in [-0.3, -0.25) is 14.4 Å². The quantitative estimate of drug-likeness (QED) is 0.377. The van der Waals surface area contributed by atoms with Crippen molar-refractivity contribution in [3.05, 3.63) is 32.0 Å². The molecule has 1 aliphatic rings. The maximum Gasteiger partial charge on any atom is 0.350 e. The number of hydrogen-bond acceptors (Lipinski definition) is 8. The molecule has 1 saturated heterocycles. The van der Waals surface area contributed by atoms with Gasteiger partial charge in [0.1, 0.15) is 16.7 Å². The molecule has 0 aromatic carbocycles. The molecule has 3 heterocycles. The van der Waals surface area contributed by atoms with Gasteiger partial charge in [-0.1, -0.05) is 34.5 Å². The van der Waals surface area contributed by atoms with Crippen molar-refractivity contribution >= 4 is 57.5 Å². The molecule has 2 aromatic rings. The summed E-state index contributed by atoms with van der Waals surface area (Å²) in [4.78, 5) is 50.2. The summed E-state index contributed by atoms with van der Waals surface area (Å²) in [5.74, 6) is -1.99. The molecule has 0 radical (unpaired) electrons. The number of amides is 2. The number of H-pyrrole nitrogens is 1. The molecule has 3 N–H and O–H groups in total. The summed E-state index contributed by atoms with van der Waals surface area (Å²) in [6, 6.07) is -0.770. The minimum atomic E-state index is -1.45. The van der Waals surface area contributed by atoms with Crippen LogP contribution in [0.3, 0.4) is 0 Å². The number of hydrogen-bond donors (Lipinski definition) is 3. The van der Waals surface area contributed by atoms with Crippen molar-refractivity contribution in [2.75, 3.05) is 31.7 Å². The molecule has 0 saturated carbocycles. The summed E-state index contributed by atoms with van der Waals surface area (Å²) < 4.78 is 20.0. The number of hydroxylamine groups is 1. The van der Waals surface area contributed by atoms with Crippen molar-refractivity contribution in [2.45, 2.75) is 32.5 Å². The number of halogens is 3. The fraction of sp³-hybridized carbons (Fsp3) is 0.474. The van der Waals surface area contributed by atoms with Gasteiger partial charge >= 0.3 is 5.97 Å². The Balaban J connectivity index is 1.72. The predicted octanol–water partition coefficient (Wildman–Crippen LogP) is 2.90. The topological polar surface area (TPSA) is 126 Å². The zero-order chi connectivity index (χ0) is 24.3. The van der Waals surface area contributed by atoms with Crippen LogP contribution < -0.4 is 15.7 Å². The van der Waals surface area contributed by atoms with Gasteiger partial charge in [0.15, 0.2) is 10.8 Å². The standard InChI is InChI=1S/C19H22Cl2FN5O5S/c1-4-32-18(30)15-14(17(29)26-31-3)25-19(33-15)27-6-5-10(9(22)7-27)24-16(28)13-12(21)11(20)8(2)23-13/h9-10,23H,4-7H2,1-3H3,(H,24,28)(H,26,29)/t9-,10+/m0/s1. The van der Waals surface area contributed by atoms with Crippen LogP contribution in [0.25, 0.3) is 0 Å². The SMILES string of the molecule is CCOC(=O)c1sc(N2CC[C@@H](NC(=O)c3[nH]c(C)c(Cl)c3Cl)[C@@H](F)C2)nc1C(=O)NOC. The molecule has 0 bridgehead atoms.